The average Bonchev–Trinajstić information content (AvgIpc) is 3.95. The van der Waals surface area contributed by atoms with Gasteiger partial charge in [0.2, 0.25) is 0 Å². The van der Waals surface area contributed by atoms with Crippen LogP contribution in [0.25, 0.3) is 75.2 Å². The van der Waals surface area contributed by atoms with Crippen LogP contribution in [0.2, 0.25) is 0 Å². The van der Waals surface area contributed by atoms with Crippen LogP contribution in [0.4, 0.5) is 0 Å². The highest BCUT2D eigenvalue weighted by Crippen LogP contribution is 2.41. The van der Waals surface area contributed by atoms with Crippen LogP contribution in [0.3, 0.4) is 0 Å². The van der Waals surface area contributed by atoms with Crippen LogP contribution in [-0.2, 0) is 0 Å². The minimum atomic E-state index is -3.07. The van der Waals surface area contributed by atoms with Gasteiger partial charge >= 0.3 is 0 Å². The van der Waals surface area contributed by atoms with Gasteiger partial charge in [0.25, 0.3) is 0 Å². The fourth-order valence-corrected chi connectivity index (χ4v) is 16.0. The Labute approximate surface area is 341 Å². The molecule has 0 N–H and O–H groups in total. The number of benzene rings is 9. The number of nitrogens with zero attached hydrogens (tertiary/aromatic N) is 2. The second-order valence-electron chi connectivity index (χ2n) is 15.2. The third-order valence-corrected chi connectivity index (χ3v) is 18.2. The second-order valence-corrected chi connectivity index (χ2v) is 20.1. The molecule has 58 heavy (non-hydrogen) atoms. The molecule has 0 aliphatic rings. The van der Waals surface area contributed by atoms with Crippen molar-refractivity contribution in [3.8, 4) is 11.4 Å². The predicted molar refractivity (Wildman–Crippen MR) is 252 cm³/mol. The van der Waals surface area contributed by atoms with Crippen molar-refractivity contribution >= 4 is 104 Å². The molecule has 0 atom stereocenters. The Bertz CT molecular complexity index is 3470. The lowest BCUT2D eigenvalue weighted by Crippen LogP contribution is -2.75. The fraction of sp³-hybridized carbons (Fsp3) is 0. The summed E-state index contributed by atoms with van der Waals surface area (Å²) >= 11 is 1.88. The Morgan fingerprint density at radius 3 is 1.57 bits per heavy atom. The van der Waals surface area contributed by atoms with Crippen molar-refractivity contribution in [3.05, 3.63) is 218 Å². The van der Waals surface area contributed by atoms with E-state index in [1.54, 1.807) is 0 Å². The van der Waals surface area contributed by atoms with Gasteiger partial charge in [-0.25, -0.2) is 0 Å². The number of para-hydroxylation sites is 4. The van der Waals surface area contributed by atoms with Crippen molar-refractivity contribution in [2.24, 2.45) is 0 Å². The summed E-state index contributed by atoms with van der Waals surface area (Å²) in [6.45, 7) is 0. The molecule has 0 aliphatic heterocycles. The molecule has 0 radical (unpaired) electrons. The molecular formula is C54H36N2SSi. The van der Waals surface area contributed by atoms with E-state index in [0.717, 1.165) is 5.69 Å². The molecule has 0 aliphatic carbocycles. The Morgan fingerprint density at radius 2 is 0.845 bits per heavy atom. The molecule has 0 spiro atoms. The smallest absolute Gasteiger partial charge is 0.181 e. The summed E-state index contributed by atoms with van der Waals surface area (Å²) in [5, 5.41) is 13.1. The second kappa shape index (κ2) is 13.0. The fourth-order valence-electron chi connectivity index (χ4n) is 9.85. The lowest BCUT2D eigenvalue weighted by atomic mass is 10.1. The van der Waals surface area contributed by atoms with E-state index in [1.165, 1.54) is 90.2 Å². The molecule has 4 heteroatoms. The van der Waals surface area contributed by atoms with Gasteiger partial charge in [-0.1, -0.05) is 164 Å². The number of rotatable bonds is 6. The van der Waals surface area contributed by atoms with Crippen molar-refractivity contribution in [2.45, 2.75) is 0 Å². The molecule has 3 heterocycles. The van der Waals surface area contributed by atoms with Crippen LogP contribution in [-0.4, -0.2) is 17.2 Å². The first kappa shape index (κ1) is 33.2. The minimum Gasteiger partial charge on any atom is -0.309 e. The Balaban J connectivity index is 1.22. The van der Waals surface area contributed by atoms with E-state index in [1.807, 2.05) is 11.3 Å². The molecule has 9 aromatic carbocycles. The topological polar surface area (TPSA) is 9.86 Å². The quantitative estimate of drug-likeness (QED) is 0.118. The standard InChI is InChI=1S/C54H36N2SSi/c1-4-18-37(19-5-1)56-49-31-14-10-26-42(49)45-29-17-33-53(54(45)56)58(39-21-6-2-7-22-39,40-23-8-3-9-24-40)41-25-16-20-38(34-41)55-48-30-13-11-27-43(48)46-36-52-47(35-50(46)55)44-28-12-15-32-51(44)57-52/h1-36H. The molecule has 0 unspecified atom stereocenters. The van der Waals surface area contributed by atoms with Gasteiger partial charge in [-0.2, -0.15) is 0 Å². The number of hydrogen-bond donors (Lipinski definition) is 0. The van der Waals surface area contributed by atoms with Crippen molar-refractivity contribution in [2.75, 3.05) is 0 Å². The molecule has 12 aromatic rings. The zero-order chi connectivity index (χ0) is 38.2. The third-order valence-electron chi connectivity index (χ3n) is 12.2. The summed E-state index contributed by atoms with van der Waals surface area (Å²) in [5.41, 5.74) is 7.26. The highest BCUT2D eigenvalue weighted by Gasteiger charge is 2.44. The van der Waals surface area contributed by atoms with Gasteiger partial charge in [-0.05, 0) is 75.3 Å². The Morgan fingerprint density at radius 1 is 0.310 bits per heavy atom. The van der Waals surface area contributed by atoms with Gasteiger partial charge in [0, 0.05) is 53.1 Å². The van der Waals surface area contributed by atoms with Crippen molar-refractivity contribution in [3.63, 3.8) is 0 Å². The largest absolute Gasteiger partial charge is 0.309 e. The van der Waals surface area contributed by atoms with Crippen molar-refractivity contribution in [1.29, 1.82) is 0 Å². The Kier molecular flexibility index (Phi) is 7.46. The van der Waals surface area contributed by atoms with Gasteiger partial charge in [0.05, 0.1) is 22.1 Å². The maximum absolute atomic E-state index is 3.07. The van der Waals surface area contributed by atoms with E-state index in [-0.39, 0.29) is 0 Å². The summed E-state index contributed by atoms with van der Waals surface area (Å²) < 4.78 is 7.68. The summed E-state index contributed by atoms with van der Waals surface area (Å²) in [6.07, 6.45) is 0. The highest BCUT2D eigenvalue weighted by molar-refractivity contribution is 7.26. The van der Waals surface area contributed by atoms with Gasteiger partial charge in [-0.3, -0.25) is 0 Å². The SMILES string of the molecule is c1ccc(-n2c3ccccc3c3cccc([Si](c4ccccc4)(c4ccccc4)c4cccc(-n5c6ccccc6c6cc7sc8ccccc8c7cc65)c4)c32)cc1. The van der Waals surface area contributed by atoms with Gasteiger partial charge < -0.3 is 9.13 Å². The maximum atomic E-state index is 2.52. The molecule has 12 rings (SSSR count). The minimum absolute atomic E-state index is 1.16. The van der Waals surface area contributed by atoms with Crippen molar-refractivity contribution in [1.82, 2.24) is 9.13 Å². The summed E-state index contributed by atoms with van der Waals surface area (Å²) in [7, 11) is -3.07. The lowest BCUT2D eigenvalue weighted by Gasteiger charge is -2.35. The highest BCUT2D eigenvalue weighted by atomic mass is 32.1. The lowest BCUT2D eigenvalue weighted by molar-refractivity contribution is 1.18. The summed E-state index contributed by atoms with van der Waals surface area (Å²) in [6, 6.07) is 81.7. The van der Waals surface area contributed by atoms with Crippen LogP contribution in [0.1, 0.15) is 0 Å². The van der Waals surface area contributed by atoms with E-state index in [9.17, 15) is 0 Å². The number of fused-ring (bicyclic) bond motifs is 9. The summed E-state index contributed by atoms with van der Waals surface area (Å²) in [4.78, 5) is 0. The zero-order valence-electron chi connectivity index (χ0n) is 31.6. The molecular weight excluding hydrogens is 737 g/mol. The Hall–Kier alpha value is -6.98. The van der Waals surface area contributed by atoms with Gasteiger partial charge in [-0.15, -0.1) is 11.3 Å². The monoisotopic (exact) mass is 772 g/mol. The molecule has 0 fully saturated rings. The molecule has 3 aromatic heterocycles. The number of aromatic nitrogens is 2. The first-order chi connectivity index (χ1) is 28.8. The van der Waals surface area contributed by atoms with E-state index >= 15 is 0 Å². The summed E-state index contributed by atoms with van der Waals surface area (Å²) in [5.74, 6) is 0. The van der Waals surface area contributed by atoms with Crippen LogP contribution in [0.5, 0.6) is 0 Å². The molecule has 0 bridgehead atoms. The molecule has 0 amide bonds. The van der Waals surface area contributed by atoms with Crippen LogP contribution < -0.4 is 20.7 Å². The average molecular weight is 773 g/mol. The van der Waals surface area contributed by atoms with Gasteiger partial charge in [0.1, 0.15) is 0 Å². The maximum Gasteiger partial charge on any atom is 0.181 e. The number of thiophene rings is 1. The van der Waals surface area contributed by atoms with Crippen molar-refractivity contribution < 1.29 is 0 Å². The van der Waals surface area contributed by atoms with E-state index in [0.29, 0.717) is 0 Å². The van der Waals surface area contributed by atoms with Gasteiger partial charge in [0.15, 0.2) is 8.07 Å². The molecule has 0 saturated heterocycles. The normalized spacial score (nSPS) is 12.1. The van der Waals surface area contributed by atoms with Crippen LogP contribution in [0, 0.1) is 0 Å². The van der Waals surface area contributed by atoms with E-state index < -0.39 is 8.07 Å². The van der Waals surface area contributed by atoms with Crippen LogP contribution >= 0.6 is 11.3 Å². The number of hydrogen-bond acceptors (Lipinski definition) is 1. The van der Waals surface area contributed by atoms with E-state index in [4.69, 9.17) is 0 Å². The molecule has 2 nitrogen and oxygen atoms in total. The first-order valence-corrected chi connectivity index (χ1v) is 22.8. The zero-order valence-corrected chi connectivity index (χ0v) is 33.4. The third kappa shape index (κ3) is 4.76. The van der Waals surface area contributed by atoms with Crippen LogP contribution in [0.15, 0.2) is 218 Å². The molecule has 0 saturated carbocycles. The first-order valence-electron chi connectivity index (χ1n) is 19.9. The van der Waals surface area contributed by atoms with E-state index in [2.05, 4.69) is 228 Å². The molecule has 272 valence electrons. The predicted octanol–water partition coefficient (Wildman–Crippen LogP) is 11.6.